The van der Waals surface area contributed by atoms with Crippen molar-refractivity contribution in [2.75, 3.05) is 6.61 Å². The first-order valence-electron chi connectivity index (χ1n) is 7.98. The number of hydrogen-bond donors (Lipinski definition) is 1. The Hall–Kier alpha value is -2.64. The Kier molecular flexibility index (Phi) is 6.04. The van der Waals surface area contributed by atoms with Gasteiger partial charge in [0.25, 0.3) is 0 Å². The lowest BCUT2D eigenvalue weighted by Gasteiger charge is -2.07. The quantitative estimate of drug-likeness (QED) is 0.479. The Labute approximate surface area is 161 Å². The van der Waals surface area contributed by atoms with Crippen LogP contribution in [0.4, 0.5) is 0 Å². The van der Waals surface area contributed by atoms with Crippen LogP contribution >= 0.6 is 23.8 Å². The first kappa shape index (κ1) is 18.2. The van der Waals surface area contributed by atoms with Crippen LogP contribution in [0.5, 0.6) is 11.5 Å². The maximum absolute atomic E-state index is 5.87. The van der Waals surface area contributed by atoms with Crippen molar-refractivity contribution in [3.05, 3.63) is 69.7 Å². The molecule has 0 aliphatic rings. The number of benzene rings is 2. The third kappa shape index (κ3) is 4.50. The molecule has 3 aromatic rings. The van der Waals surface area contributed by atoms with Gasteiger partial charge in [0.1, 0.15) is 18.1 Å². The van der Waals surface area contributed by atoms with Gasteiger partial charge in [-0.25, -0.2) is 5.10 Å². The van der Waals surface area contributed by atoms with Crippen molar-refractivity contribution in [3.8, 4) is 11.5 Å². The summed E-state index contributed by atoms with van der Waals surface area (Å²) in [5.41, 5.74) is 0.849. The molecular weight excluding hydrogens is 372 g/mol. The van der Waals surface area contributed by atoms with Crippen LogP contribution in [0.3, 0.4) is 0 Å². The van der Waals surface area contributed by atoms with E-state index in [0.29, 0.717) is 28.0 Å². The number of nitrogens with zero attached hydrogens (tertiary/aromatic N) is 3. The maximum Gasteiger partial charge on any atom is 0.216 e. The minimum absolute atomic E-state index is 0.208. The molecule has 0 unspecified atom stereocenters. The topological polar surface area (TPSA) is 64.4 Å². The van der Waals surface area contributed by atoms with Crippen molar-refractivity contribution in [1.29, 1.82) is 0 Å². The average molecular weight is 389 g/mol. The minimum Gasteiger partial charge on any atom is -0.493 e. The molecule has 134 valence electrons. The SMILES string of the molecule is CCOc1ccccc1/C=N\n1c(COc2ccc(Cl)cc2)n[nH]c1=S. The van der Waals surface area contributed by atoms with Crippen LogP contribution in [-0.2, 0) is 6.61 Å². The fourth-order valence-electron chi connectivity index (χ4n) is 2.21. The van der Waals surface area contributed by atoms with E-state index in [0.717, 1.165) is 11.3 Å². The van der Waals surface area contributed by atoms with Crippen molar-refractivity contribution in [1.82, 2.24) is 14.9 Å². The lowest BCUT2D eigenvalue weighted by atomic mass is 10.2. The lowest BCUT2D eigenvalue weighted by molar-refractivity contribution is 0.290. The Morgan fingerprint density at radius 3 is 2.73 bits per heavy atom. The zero-order chi connectivity index (χ0) is 18.4. The monoisotopic (exact) mass is 388 g/mol. The van der Waals surface area contributed by atoms with Gasteiger partial charge in [0.2, 0.25) is 4.77 Å². The molecule has 0 atom stereocenters. The van der Waals surface area contributed by atoms with E-state index < -0.39 is 0 Å². The van der Waals surface area contributed by atoms with E-state index in [1.165, 1.54) is 4.68 Å². The summed E-state index contributed by atoms with van der Waals surface area (Å²) >= 11 is 11.1. The second kappa shape index (κ2) is 8.64. The van der Waals surface area contributed by atoms with Crippen molar-refractivity contribution >= 4 is 30.0 Å². The predicted molar refractivity (Wildman–Crippen MR) is 104 cm³/mol. The van der Waals surface area contributed by atoms with E-state index in [2.05, 4.69) is 15.3 Å². The summed E-state index contributed by atoms with van der Waals surface area (Å²) in [5.74, 6) is 1.99. The van der Waals surface area contributed by atoms with Gasteiger partial charge in [-0.15, -0.1) is 0 Å². The molecule has 0 bridgehead atoms. The van der Waals surface area contributed by atoms with Crippen LogP contribution < -0.4 is 9.47 Å². The molecule has 0 aliphatic heterocycles. The summed E-state index contributed by atoms with van der Waals surface area (Å²) in [6, 6.07) is 14.7. The highest BCUT2D eigenvalue weighted by molar-refractivity contribution is 7.71. The molecule has 0 spiro atoms. The number of halogens is 1. The summed E-state index contributed by atoms with van der Waals surface area (Å²) in [4.78, 5) is 0. The Bertz CT molecular complexity index is 950. The van der Waals surface area contributed by atoms with Gasteiger partial charge in [-0.1, -0.05) is 23.7 Å². The van der Waals surface area contributed by atoms with Crippen LogP contribution in [0, 0.1) is 4.77 Å². The molecule has 1 heterocycles. The van der Waals surface area contributed by atoms with Crippen LogP contribution in [0.2, 0.25) is 5.02 Å². The number of ether oxygens (including phenoxy) is 2. The van der Waals surface area contributed by atoms with Crippen molar-refractivity contribution in [3.63, 3.8) is 0 Å². The maximum atomic E-state index is 5.87. The highest BCUT2D eigenvalue weighted by Gasteiger charge is 2.07. The summed E-state index contributed by atoms with van der Waals surface area (Å²) < 4.78 is 13.2. The van der Waals surface area contributed by atoms with Gasteiger partial charge in [0.05, 0.1) is 12.8 Å². The number of nitrogens with one attached hydrogen (secondary N) is 1. The highest BCUT2D eigenvalue weighted by atomic mass is 35.5. The first-order chi connectivity index (χ1) is 12.7. The Morgan fingerprint density at radius 2 is 1.96 bits per heavy atom. The zero-order valence-corrected chi connectivity index (χ0v) is 15.6. The second-order valence-corrected chi connectivity index (χ2v) is 6.04. The molecule has 0 amide bonds. The van der Waals surface area contributed by atoms with E-state index in [4.69, 9.17) is 33.3 Å². The number of hydrogen-bond acceptors (Lipinski definition) is 5. The molecule has 0 aliphatic carbocycles. The summed E-state index contributed by atoms with van der Waals surface area (Å²) in [6.07, 6.45) is 1.68. The van der Waals surface area contributed by atoms with Crippen molar-refractivity contribution in [2.24, 2.45) is 5.10 Å². The van der Waals surface area contributed by atoms with E-state index in [1.807, 2.05) is 31.2 Å². The number of para-hydroxylation sites is 1. The fraction of sp³-hybridized carbons (Fsp3) is 0.167. The van der Waals surface area contributed by atoms with Crippen LogP contribution in [0.25, 0.3) is 0 Å². The van der Waals surface area contributed by atoms with Gasteiger partial charge in [0, 0.05) is 10.6 Å². The molecule has 1 N–H and O–H groups in total. The summed E-state index contributed by atoms with van der Waals surface area (Å²) in [6.45, 7) is 2.72. The van der Waals surface area contributed by atoms with Gasteiger partial charge in [-0.3, -0.25) is 0 Å². The van der Waals surface area contributed by atoms with E-state index in [1.54, 1.807) is 30.5 Å². The number of rotatable bonds is 7. The predicted octanol–water partition coefficient (Wildman–Crippen LogP) is 4.45. The largest absolute Gasteiger partial charge is 0.493 e. The molecule has 6 nitrogen and oxygen atoms in total. The summed E-state index contributed by atoms with van der Waals surface area (Å²) in [7, 11) is 0. The molecule has 26 heavy (non-hydrogen) atoms. The summed E-state index contributed by atoms with van der Waals surface area (Å²) in [5, 5.41) is 12.0. The zero-order valence-electron chi connectivity index (χ0n) is 14.1. The molecule has 0 fully saturated rings. The van der Waals surface area contributed by atoms with Crippen LogP contribution in [-0.4, -0.2) is 27.7 Å². The molecule has 8 heteroatoms. The van der Waals surface area contributed by atoms with Gasteiger partial charge in [0.15, 0.2) is 5.82 Å². The third-order valence-electron chi connectivity index (χ3n) is 3.43. The number of aromatic amines is 1. The third-order valence-corrected chi connectivity index (χ3v) is 3.95. The second-order valence-electron chi connectivity index (χ2n) is 5.21. The van der Waals surface area contributed by atoms with Crippen LogP contribution in [0.15, 0.2) is 53.6 Å². The fourth-order valence-corrected chi connectivity index (χ4v) is 2.53. The minimum atomic E-state index is 0.208. The van der Waals surface area contributed by atoms with Crippen molar-refractivity contribution in [2.45, 2.75) is 13.5 Å². The van der Waals surface area contributed by atoms with Crippen LogP contribution in [0.1, 0.15) is 18.3 Å². The Morgan fingerprint density at radius 1 is 1.19 bits per heavy atom. The van der Waals surface area contributed by atoms with E-state index in [9.17, 15) is 0 Å². The highest BCUT2D eigenvalue weighted by Crippen LogP contribution is 2.17. The molecular formula is C18H17ClN4O2S. The molecule has 0 radical (unpaired) electrons. The van der Waals surface area contributed by atoms with Gasteiger partial charge >= 0.3 is 0 Å². The van der Waals surface area contributed by atoms with Gasteiger partial charge in [-0.05, 0) is 55.5 Å². The van der Waals surface area contributed by atoms with Crippen molar-refractivity contribution < 1.29 is 9.47 Å². The normalized spacial score (nSPS) is 11.0. The Balaban J connectivity index is 1.78. The standard InChI is InChI=1S/C18H17ClN4O2S/c1-2-24-16-6-4-3-5-13(16)11-20-23-17(21-22-18(23)26)12-25-15-9-7-14(19)8-10-15/h3-11H,2,12H2,1H3,(H,22,26)/b20-11-. The van der Waals surface area contributed by atoms with E-state index in [-0.39, 0.29) is 6.61 Å². The molecule has 3 rings (SSSR count). The van der Waals surface area contributed by atoms with Gasteiger partial charge in [-0.2, -0.15) is 14.9 Å². The lowest BCUT2D eigenvalue weighted by Crippen LogP contribution is -2.04. The molecule has 1 aromatic heterocycles. The van der Waals surface area contributed by atoms with Gasteiger partial charge < -0.3 is 9.47 Å². The number of aromatic nitrogens is 3. The molecule has 0 saturated carbocycles. The van der Waals surface area contributed by atoms with E-state index >= 15 is 0 Å². The molecule has 2 aromatic carbocycles. The molecule has 0 saturated heterocycles. The first-order valence-corrected chi connectivity index (χ1v) is 8.77. The number of H-pyrrole nitrogens is 1. The smallest absolute Gasteiger partial charge is 0.216 e. The average Bonchev–Trinajstić information content (AvgIpc) is 3.00.